The predicted molar refractivity (Wildman–Crippen MR) is 120 cm³/mol. The van der Waals surface area contributed by atoms with Gasteiger partial charge >= 0.3 is 5.97 Å². The first kappa shape index (κ1) is 21.1. The van der Waals surface area contributed by atoms with Crippen molar-refractivity contribution in [2.24, 2.45) is 0 Å². The lowest BCUT2D eigenvalue weighted by atomic mass is 10.1. The molecule has 3 rings (SSSR count). The van der Waals surface area contributed by atoms with Gasteiger partial charge in [0.1, 0.15) is 5.75 Å². The molecule has 0 unspecified atom stereocenters. The fourth-order valence-electron chi connectivity index (χ4n) is 2.73. The number of nitrogens with zero attached hydrogens (tertiary/aromatic N) is 1. The number of esters is 1. The van der Waals surface area contributed by atoms with E-state index in [1.165, 1.54) is 23.8 Å². The number of hydrogen-bond donors (Lipinski definition) is 0. The van der Waals surface area contributed by atoms with Crippen molar-refractivity contribution in [2.45, 2.75) is 19.8 Å². The third-order valence-electron chi connectivity index (χ3n) is 4.26. The zero-order valence-electron chi connectivity index (χ0n) is 16.2. The fourth-order valence-corrected chi connectivity index (χ4v) is 4.03. The number of thioether (sulfide) groups is 1. The number of carbonyl (C=O) groups excluding carboxylic acids is 2. The van der Waals surface area contributed by atoms with E-state index in [9.17, 15) is 9.59 Å². The number of amides is 1. The average molecular weight is 428 g/mol. The Hall–Kier alpha value is -2.64. The van der Waals surface area contributed by atoms with Crippen molar-refractivity contribution in [3.05, 3.63) is 64.6 Å². The molecule has 1 aliphatic rings. The molecule has 0 aromatic heterocycles. The van der Waals surface area contributed by atoms with Crippen LogP contribution < -0.4 is 9.64 Å². The van der Waals surface area contributed by atoms with Crippen LogP contribution in [0, 0.1) is 0 Å². The van der Waals surface area contributed by atoms with Crippen molar-refractivity contribution in [2.75, 3.05) is 18.6 Å². The molecule has 2 aromatic rings. The van der Waals surface area contributed by atoms with Gasteiger partial charge in [0, 0.05) is 0 Å². The molecule has 150 valence electrons. The van der Waals surface area contributed by atoms with Crippen LogP contribution in [0.3, 0.4) is 0 Å². The number of thiocarbonyl (C=S) groups is 1. The van der Waals surface area contributed by atoms with Crippen molar-refractivity contribution in [3.63, 3.8) is 0 Å². The van der Waals surface area contributed by atoms with E-state index in [0.29, 0.717) is 27.1 Å². The monoisotopic (exact) mass is 427 g/mol. The van der Waals surface area contributed by atoms with Gasteiger partial charge in [-0.3, -0.25) is 9.69 Å². The van der Waals surface area contributed by atoms with Crippen LogP contribution in [0.15, 0.2) is 53.4 Å². The maximum absolute atomic E-state index is 12.9. The first-order valence-electron chi connectivity index (χ1n) is 9.22. The molecule has 1 amide bonds. The van der Waals surface area contributed by atoms with Gasteiger partial charge in [-0.25, -0.2) is 4.79 Å². The molecule has 29 heavy (non-hydrogen) atoms. The van der Waals surface area contributed by atoms with E-state index < -0.39 is 5.97 Å². The summed E-state index contributed by atoms with van der Waals surface area (Å²) in [6, 6.07) is 14.3. The Labute approximate surface area is 179 Å². The van der Waals surface area contributed by atoms with Gasteiger partial charge in [-0.2, -0.15) is 0 Å². The fraction of sp³-hybridized carbons (Fsp3) is 0.227. The van der Waals surface area contributed by atoms with E-state index in [0.717, 1.165) is 24.2 Å². The highest BCUT2D eigenvalue weighted by molar-refractivity contribution is 8.27. The van der Waals surface area contributed by atoms with E-state index in [1.807, 2.05) is 24.3 Å². The van der Waals surface area contributed by atoms with Crippen LogP contribution in [0.2, 0.25) is 0 Å². The summed E-state index contributed by atoms with van der Waals surface area (Å²) in [4.78, 5) is 26.7. The minimum atomic E-state index is -0.464. The highest BCUT2D eigenvalue weighted by atomic mass is 32.2. The number of ether oxygens (including phenoxy) is 2. The molecular weight excluding hydrogens is 406 g/mol. The van der Waals surface area contributed by atoms with Gasteiger partial charge in [-0.05, 0) is 48.4 Å². The quantitative estimate of drug-likeness (QED) is 0.267. The maximum atomic E-state index is 12.9. The molecule has 0 radical (unpaired) electrons. The second-order valence-corrected chi connectivity index (χ2v) is 8.01. The van der Waals surface area contributed by atoms with Crippen LogP contribution >= 0.6 is 24.0 Å². The van der Waals surface area contributed by atoms with Gasteiger partial charge in [-0.1, -0.05) is 55.5 Å². The van der Waals surface area contributed by atoms with E-state index >= 15 is 0 Å². The highest BCUT2D eigenvalue weighted by Gasteiger charge is 2.33. The molecule has 1 aliphatic heterocycles. The summed E-state index contributed by atoms with van der Waals surface area (Å²) in [5.74, 6) is 0.127. The highest BCUT2D eigenvalue weighted by Crippen LogP contribution is 2.36. The zero-order chi connectivity index (χ0) is 20.8. The normalized spacial score (nSPS) is 15.1. The standard InChI is InChI=1S/C22H21NO4S2/c1-3-4-12-27-18-10-8-15(9-11-18)13-19-20(24)23(22(28)29-19)17-7-5-6-16(14-17)21(25)26-2/h5-11,13-14H,3-4,12H2,1-2H3/b19-13-. The van der Waals surface area contributed by atoms with E-state index in [1.54, 1.807) is 30.3 Å². The molecular formula is C22H21NO4S2. The van der Waals surface area contributed by atoms with E-state index in [4.69, 9.17) is 21.7 Å². The largest absolute Gasteiger partial charge is 0.494 e. The smallest absolute Gasteiger partial charge is 0.337 e. The third kappa shape index (κ3) is 5.05. The summed E-state index contributed by atoms with van der Waals surface area (Å²) in [6.45, 7) is 2.81. The summed E-state index contributed by atoms with van der Waals surface area (Å²) in [6.07, 6.45) is 3.91. The lowest BCUT2D eigenvalue weighted by molar-refractivity contribution is -0.113. The topological polar surface area (TPSA) is 55.8 Å². The van der Waals surface area contributed by atoms with Crippen molar-refractivity contribution < 1.29 is 19.1 Å². The molecule has 7 heteroatoms. The Morgan fingerprint density at radius 1 is 1.21 bits per heavy atom. The van der Waals surface area contributed by atoms with Crippen molar-refractivity contribution in [1.82, 2.24) is 0 Å². The first-order chi connectivity index (χ1) is 14.0. The number of benzene rings is 2. The van der Waals surface area contributed by atoms with Gasteiger partial charge in [0.25, 0.3) is 5.91 Å². The van der Waals surface area contributed by atoms with Crippen molar-refractivity contribution in [3.8, 4) is 5.75 Å². The zero-order valence-corrected chi connectivity index (χ0v) is 17.8. The Morgan fingerprint density at radius 3 is 2.66 bits per heavy atom. The number of methoxy groups -OCH3 is 1. The van der Waals surface area contributed by atoms with Gasteiger partial charge in [0.15, 0.2) is 4.32 Å². The maximum Gasteiger partial charge on any atom is 0.337 e. The van der Waals surface area contributed by atoms with Crippen LogP contribution in [-0.4, -0.2) is 29.9 Å². The van der Waals surface area contributed by atoms with E-state index in [2.05, 4.69) is 6.92 Å². The van der Waals surface area contributed by atoms with Gasteiger partial charge in [0.05, 0.1) is 29.9 Å². The van der Waals surface area contributed by atoms with E-state index in [-0.39, 0.29) is 5.91 Å². The Kier molecular flexibility index (Phi) is 7.06. The number of hydrogen-bond acceptors (Lipinski definition) is 6. The molecule has 0 N–H and O–H groups in total. The lowest BCUT2D eigenvalue weighted by Crippen LogP contribution is -2.27. The number of carbonyl (C=O) groups is 2. The van der Waals surface area contributed by atoms with Crippen LogP contribution in [-0.2, 0) is 9.53 Å². The molecule has 0 saturated carbocycles. The summed E-state index contributed by atoms with van der Waals surface area (Å²) < 4.78 is 10.8. The molecule has 0 spiro atoms. The van der Waals surface area contributed by atoms with Crippen LogP contribution in [0.5, 0.6) is 5.75 Å². The molecule has 0 bridgehead atoms. The average Bonchev–Trinajstić information content (AvgIpc) is 3.02. The minimum Gasteiger partial charge on any atom is -0.494 e. The second-order valence-electron chi connectivity index (χ2n) is 6.33. The van der Waals surface area contributed by atoms with Gasteiger partial charge in [-0.15, -0.1) is 0 Å². The van der Waals surface area contributed by atoms with Crippen molar-refractivity contribution in [1.29, 1.82) is 0 Å². The first-order valence-corrected chi connectivity index (χ1v) is 10.4. The Morgan fingerprint density at radius 2 is 1.97 bits per heavy atom. The van der Waals surface area contributed by atoms with Crippen LogP contribution in [0.4, 0.5) is 5.69 Å². The Balaban J connectivity index is 1.77. The minimum absolute atomic E-state index is 0.217. The number of rotatable bonds is 7. The van der Waals surface area contributed by atoms with Crippen molar-refractivity contribution >= 4 is 51.9 Å². The molecule has 0 aliphatic carbocycles. The Bertz CT molecular complexity index is 954. The second kappa shape index (κ2) is 9.71. The predicted octanol–water partition coefficient (Wildman–Crippen LogP) is 5.06. The summed E-state index contributed by atoms with van der Waals surface area (Å²) in [5, 5.41) is 0. The summed E-state index contributed by atoms with van der Waals surface area (Å²) >= 11 is 6.64. The third-order valence-corrected chi connectivity index (χ3v) is 5.57. The molecule has 0 atom stereocenters. The number of unbranched alkanes of at least 4 members (excludes halogenated alkanes) is 1. The molecule has 5 nitrogen and oxygen atoms in total. The molecule has 1 fully saturated rings. The van der Waals surface area contributed by atoms with Gasteiger partial charge < -0.3 is 9.47 Å². The summed E-state index contributed by atoms with van der Waals surface area (Å²) in [5.41, 5.74) is 1.79. The van der Waals surface area contributed by atoms with Crippen LogP contribution in [0.25, 0.3) is 6.08 Å². The number of anilines is 1. The SMILES string of the molecule is CCCCOc1ccc(/C=C2\SC(=S)N(c3cccc(C(=O)OC)c3)C2=O)cc1. The molecule has 1 heterocycles. The lowest BCUT2D eigenvalue weighted by Gasteiger charge is -2.15. The summed E-state index contributed by atoms with van der Waals surface area (Å²) in [7, 11) is 1.32. The molecule has 1 saturated heterocycles. The van der Waals surface area contributed by atoms with Crippen LogP contribution in [0.1, 0.15) is 35.7 Å². The molecule has 2 aromatic carbocycles. The van der Waals surface area contributed by atoms with Gasteiger partial charge in [0.2, 0.25) is 0 Å².